The fourth-order valence-corrected chi connectivity index (χ4v) is 4.66. The molecule has 0 radical (unpaired) electrons. The minimum absolute atomic E-state index is 0. The summed E-state index contributed by atoms with van der Waals surface area (Å²) in [6, 6.07) is 20.3. The predicted molar refractivity (Wildman–Crippen MR) is 139 cm³/mol. The summed E-state index contributed by atoms with van der Waals surface area (Å²) >= 11 is 0. The van der Waals surface area contributed by atoms with Gasteiger partial charge in [0.15, 0.2) is 5.76 Å². The third kappa shape index (κ3) is 4.59. The number of amides is 1. The summed E-state index contributed by atoms with van der Waals surface area (Å²) in [5.74, 6) is 0.0428. The number of hydrogen-bond donors (Lipinski definition) is 0. The molecule has 0 aliphatic carbocycles. The second-order valence-corrected chi connectivity index (χ2v) is 8.42. The molecule has 1 aliphatic heterocycles. The van der Waals surface area contributed by atoms with Crippen molar-refractivity contribution in [2.45, 2.75) is 20.4 Å². The smallest absolute Gasteiger partial charge is 0.357 e. The van der Waals surface area contributed by atoms with E-state index in [2.05, 4.69) is 0 Å². The van der Waals surface area contributed by atoms with E-state index >= 15 is 0 Å². The maximum Gasteiger partial charge on any atom is 0.357 e. The Balaban J connectivity index is 0.00000304. The first kappa shape index (κ1) is 24.7. The summed E-state index contributed by atoms with van der Waals surface area (Å²) in [7, 11) is 0. The number of hydrogen-bond acceptors (Lipinski definition) is 6. The van der Waals surface area contributed by atoms with E-state index in [4.69, 9.17) is 4.42 Å². The number of carbonyl (C=O) groups excluding carboxylic acids is 1. The monoisotopic (exact) mass is 488 g/mol. The van der Waals surface area contributed by atoms with Gasteiger partial charge in [-0.25, -0.2) is 0 Å². The molecule has 5 rings (SSSR count). The van der Waals surface area contributed by atoms with Gasteiger partial charge < -0.3 is 18.8 Å². The van der Waals surface area contributed by atoms with Crippen molar-refractivity contribution < 1.29 is 14.1 Å². The highest BCUT2D eigenvalue weighted by Crippen LogP contribution is 2.34. The molecule has 0 bridgehead atoms. The lowest BCUT2D eigenvalue weighted by Crippen LogP contribution is -2.49. The zero-order chi connectivity index (χ0) is 24.4. The van der Waals surface area contributed by atoms with E-state index in [1.54, 1.807) is 17.0 Å². The lowest BCUT2D eigenvalue weighted by molar-refractivity contribution is -0.385. The number of nitro groups is 1. The van der Waals surface area contributed by atoms with Gasteiger partial charge in [0.25, 0.3) is 5.91 Å². The third-order valence-electron chi connectivity index (χ3n) is 6.39. The number of piperazine rings is 1. The number of carbonyl (C=O) groups is 1. The zero-order valence-corrected chi connectivity index (χ0v) is 19.0. The summed E-state index contributed by atoms with van der Waals surface area (Å²) in [6.45, 7) is 1.79. The van der Waals surface area contributed by atoms with Gasteiger partial charge in [0.2, 0.25) is 0 Å². The predicted octanol–water partition coefficient (Wildman–Crippen LogP) is 4.34. The van der Waals surface area contributed by atoms with Crippen LogP contribution in [0.25, 0.3) is 10.9 Å². The molecule has 36 heavy (non-hydrogen) atoms. The van der Waals surface area contributed by atoms with E-state index in [1.807, 2.05) is 59.5 Å². The van der Waals surface area contributed by atoms with Gasteiger partial charge in [-0.1, -0.05) is 56.0 Å². The van der Waals surface area contributed by atoms with E-state index in [0.717, 1.165) is 5.56 Å². The van der Waals surface area contributed by atoms with Crippen LogP contribution >= 0.6 is 0 Å². The third-order valence-corrected chi connectivity index (χ3v) is 6.39. The minimum Gasteiger partial charge on any atom is -0.459 e. The van der Waals surface area contributed by atoms with Crippen LogP contribution in [0.4, 0.5) is 11.4 Å². The second-order valence-electron chi connectivity index (χ2n) is 8.42. The van der Waals surface area contributed by atoms with E-state index < -0.39 is 16.2 Å². The Bertz CT molecular complexity index is 1420. The number of pyridine rings is 1. The van der Waals surface area contributed by atoms with Crippen molar-refractivity contribution in [1.82, 2.24) is 9.47 Å². The Kier molecular flexibility index (Phi) is 7.19. The molecule has 1 amide bonds. The van der Waals surface area contributed by atoms with Crippen LogP contribution in [0, 0.1) is 10.1 Å². The van der Waals surface area contributed by atoms with Gasteiger partial charge in [0.1, 0.15) is 5.69 Å². The molecule has 0 unspecified atom stereocenters. The Morgan fingerprint density at radius 3 is 2.31 bits per heavy atom. The molecule has 0 spiro atoms. The van der Waals surface area contributed by atoms with Crippen molar-refractivity contribution in [2.24, 2.45) is 0 Å². The first-order valence-electron chi connectivity index (χ1n) is 11.5. The number of aromatic nitrogens is 1. The van der Waals surface area contributed by atoms with Gasteiger partial charge in [-0.15, -0.1) is 0 Å². The van der Waals surface area contributed by atoms with Crippen LogP contribution in [0.3, 0.4) is 0 Å². The number of aryl methyl sites for hydroxylation is 2. The molecule has 0 atom stereocenters. The molecule has 9 heteroatoms. The minimum atomic E-state index is -0.617. The summed E-state index contributed by atoms with van der Waals surface area (Å²) in [6.07, 6.45) is 2.03. The number of rotatable bonds is 6. The van der Waals surface area contributed by atoms with Crippen molar-refractivity contribution in [3.63, 3.8) is 0 Å². The van der Waals surface area contributed by atoms with E-state index in [9.17, 15) is 19.7 Å². The largest absolute Gasteiger partial charge is 0.459 e. The highest BCUT2D eigenvalue weighted by Gasteiger charge is 2.32. The summed E-state index contributed by atoms with van der Waals surface area (Å²) in [5.41, 5.74) is 0.976. The lowest BCUT2D eigenvalue weighted by atomic mass is 10.1. The summed E-state index contributed by atoms with van der Waals surface area (Å²) in [4.78, 5) is 41.2. The number of benzene rings is 2. The Morgan fingerprint density at radius 1 is 0.944 bits per heavy atom. The van der Waals surface area contributed by atoms with Crippen molar-refractivity contribution in [1.29, 1.82) is 0 Å². The maximum atomic E-state index is 13.5. The molecular formula is C27H28N4O5. The maximum absolute atomic E-state index is 13.5. The fraction of sp³-hybridized carbons (Fsp3) is 0.259. The van der Waals surface area contributed by atoms with Gasteiger partial charge in [-0.2, -0.15) is 0 Å². The fourth-order valence-electron chi connectivity index (χ4n) is 4.66. The topological polar surface area (TPSA) is 102 Å². The van der Waals surface area contributed by atoms with Crippen LogP contribution in [0.5, 0.6) is 0 Å². The van der Waals surface area contributed by atoms with Crippen LogP contribution in [0.1, 0.15) is 23.5 Å². The van der Waals surface area contributed by atoms with Crippen LogP contribution in [-0.2, 0) is 13.0 Å². The normalized spacial score (nSPS) is 13.4. The van der Waals surface area contributed by atoms with Crippen molar-refractivity contribution in [3.8, 4) is 0 Å². The number of furan rings is 1. The van der Waals surface area contributed by atoms with Crippen LogP contribution < -0.4 is 10.5 Å². The van der Waals surface area contributed by atoms with E-state index in [-0.39, 0.29) is 19.1 Å². The first-order chi connectivity index (χ1) is 17.0. The van der Waals surface area contributed by atoms with Gasteiger partial charge in [0, 0.05) is 38.1 Å². The molecule has 2 aromatic carbocycles. The SMILES string of the molecule is C.O=C(c1ccco1)N1CCN(c2c([N+](=O)[O-])c(=O)n(CCc3ccccc3)c3ccccc23)CC1. The first-order valence-corrected chi connectivity index (χ1v) is 11.5. The molecular weight excluding hydrogens is 460 g/mol. The molecule has 1 saturated heterocycles. The van der Waals surface area contributed by atoms with Gasteiger partial charge >= 0.3 is 11.2 Å². The highest BCUT2D eigenvalue weighted by atomic mass is 16.6. The van der Waals surface area contributed by atoms with E-state index in [0.29, 0.717) is 55.7 Å². The molecule has 4 aromatic rings. The Hall–Kier alpha value is -4.40. The number of para-hydroxylation sites is 1. The van der Waals surface area contributed by atoms with Crippen molar-refractivity contribution >= 4 is 28.2 Å². The quantitative estimate of drug-likeness (QED) is 0.296. The molecule has 0 saturated carbocycles. The number of nitrogens with zero attached hydrogens (tertiary/aromatic N) is 4. The Labute approximate surface area is 208 Å². The summed E-state index contributed by atoms with van der Waals surface area (Å²) in [5, 5.41) is 12.8. The van der Waals surface area contributed by atoms with Crippen molar-refractivity contribution in [3.05, 3.63) is 105 Å². The molecule has 0 N–H and O–H groups in total. The number of anilines is 1. The molecule has 1 fully saturated rings. The second kappa shape index (κ2) is 10.5. The van der Waals surface area contributed by atoms with Crippen LogP contribution in [-0.4, -0.2) is 46.5 Å². The zero-order valence-electron chi connectivity index (χ0n) is 19.0. The average Bonchev–Trinajstić information content (AvgIpc) is 3.43. The van der Waals surface area contributed by atoms with Crippen LogP contribution in [0.2, 0.25) is 0 Å². The lowest BCUT2D eigenvalue weighted by Gasteiger charge is -2.36. The van der Waals surface area contributed by atoms with Gasteiger partial charge in [-0.05, 0) is 30.2 Å². The molecule has 186 valence electrons. The van der Waals surface area contributed by atoms with Crippen LogP contribution in [0.15, 0.2) is 82.2 Å². The molecule has 2 aromatic heterocycles. The Morgan fingerprint density at radius 2 is 1.64 bits per heavy atom. The van der Waals surface area contributed by atoms with Gasteiger partial charge in [-0.3, -0.25) is 19.7 Å². The van der Waals surface area contributed by atoms with Gasteiger partial charge in [0.05, 0.1) is 16.7 Å². The summed E-state index contributed by atoms with van der Waals surface area (Å²) < 4.78 is 6.71. The molecule has 1 aliphatic rings. The molecule has 3 heterocycles. The van der Waals surface area contributed by atoms with E-state index in [1.165, 1.54) is 10.8 Å². The highest BCUT2D eigenvalue weighted by molar-refractivity contribution is 5.97. The standard InChI is InChI=1S/C26H24N4O5.CH4/c31-25(22-11-6-18-35-22)28-16-14-27(15-17-28)23-20-9-4-5-10-21(20)29(26(32)24(23)30(33)34)13-12-19-7-2-1-3-8-19;/h1-11,18H,12-17H2;1H4. The van der Waals surface area contributed by atoms with Crippen molar-refractivity contribution in [2.75, 3.05) is 31.1 Å². The molecule has 9 nitrogen and oxygen atoms in total. The number of fused-ring (bicyclic) bond motifs is 1. The average molecular weight is 489 g/mol.